The van der Waals surface area contributed by atoms with E-state index in [1.807, 2.05) is 0 Å². The molecule has 1 aliphatic heterocycles. The van der Waals surface area contributed by atoms with E-state index in [0.29, 0.717) is 29.6 Å². The van der Waals surface area contributed by atoms with Crippen molar-refractivity contribution in [3.05, 3.63) is 35.5 Å². The second kappa shape index (κ2) is 8.29. The summed E-state index contributed by atoms with van der Waals surface area (Å²) in [5, 5.41) is 0. The van der Waals surface area contributed by atoms with Crippen molar-refractivity contribution < 1.29 is 28.6 Å². The summed E-state index contributed by atoms with van der Waals surface area (Å²) < 4.78 is 17.4. The number of ether oxygens (including phenoxy) is 3. The third-order valence-corrected chi connectivity index (χ3v) is 8.02. The van der Waals surface area contributed by atoms with E-state index in [9.17, 15) is 14.4 Å². The van der Waals surface area contributed by atoms with Crippen molar-refractivity contribution in [3.63, 3.8) is 0 Å². The zero-order valence-corrected chi connectivity index (χ0v) is 19.4. The van der Waals surface area contributed by atoms with Gasteiger partial charge in [-0.1, -0.05) is 32.6 Å². The first-order valence-electron chi connectivity index (χ1n) is 11.1. The van der Waals surface area contributed by atoms with Crippen LogP contribution in [-0.4, -0.2) is 36.7 Å². The summed E-state index contributed by atoms with van der Waals surface area (Å²) in [5.74, 6) is -1.34. The molecule has 6 atom stereocenters. The molecule has 1 spiro atoms. The van der Waals surface area contributed by atoms with E-state index in [1.54, 1.807) is 39.8 Å². The molecule has 1 heterocycles. The molecule has 0 aromatic carbocycles. The lowest BCUT2D eigenvalue weighted by atomic mass is 9.61. The van der Waals surface area contributed by atoms with Crippen LogP contribution in [0.4, 0.5) is 0 Å². The third kappa shape index (κ3) is 3.54. The van der Waals surface area contributed by atoms with E-state index in [-0.39, 0.29) is 29.8 Å². The molecular weight excluding hydrogens is 396 g/mol. The molecule has 3 fully saturated rings. The molecule has 0 N–H and O–H groups in total. The van der Waals surface area contributed by atoms with E-state index >= 15 is 0 Å². The van der Waals surface area contributed by atoms with Gasteiger partial charge in [-0.2, -0.15) is 0 Å². The molecular formula is C25H34O6. The Labute approximate surface area is 184 Å². The Balaban J connectivity index is 2.10. The average molecular weight is 431 g/mol. The van der Waals surface area contributed by atoms with Crippen LogP contribution in [0.5, 0.6) is 0 Å². The molecule has 0 bridgehead atoms. The highest BCUT2D eigenvalue weighted by Gasteiger charge is 2.72. The molecule has 31 heavy (non-hydrogen) atoms. The first kappa shape index (κ1) is 23.3. The SMILES string of the molecule is C=C1COC(=O)C12CC1(C)C(C)CCC(OC(=O)C(C)=CC)C1C2OC(=O)C(C)=CC. The minimum Gasteiger partial charge on any atom is -0.460 e. The molecule has 170 valence electrons. The highest BCUT2D eigenvalue weighted by Crippen LogP contribution is 2.66. The number of allylic oxidation sites excluding steroid dienone is 2. The van der Waals surface area contributed by atoms with Gasteiger partial charge in [0.05, 0.1) is 0 Å². The molecule has 0 amide bonds. The van der Waals surface area contributed by atoms with Crippen molar-refractivity contribution in [3.8, 4) is 0 Å². The molecule has 0 radical (unpaired) electrons. The first-order valence-corrected chi connectivity index (χ1v) is 11.1. The highest BCUT2D eigenvalue weighted by molar-refractivity contribution is 5.90. The van der Waals surface area contributed by atoms with E-state index in [2.05, 4.69) is 20.4 Å². The topological polar surface area (TPSA) is 78.9 Å². The average Bonchev–Trinajstić information content (AvgIpc) is 3.18. The summed E-state index contributed by atoms with van der Waals surface area (Å²) in [6.07, 6.45) is 4.10. The van der Waals surface area contributed by atoms with Crippen LogP contribution in [0.1, 0.15) is 60.8 Å². The number of hydrogen-bond acceptors (Lipinski definition) is 6. The summed E-state index contributed by atoms with van der Waals surface area (Å²) in [7, 11) is 0. The fraction of sp³-hybridized carbons (Fsp3) is 0.640. The summed E-state index contributed by atoms with van der Waals surface area (Å²) in [6.45, 7) is 15.5. The molecule has 6 heteroatoms. The Hall–Kier alpha value is -2.37. The van der Waals surface area contributed by atoms with Gasteiger partial charge in [0.1, 0.15) is 24.2 Å². The number of cyclic esters (lactones) is 1. The zero-order valence-electron chi connectivity index (χ0n) is 19.4. The Kier molecular flexibility index (Phi) is 6.23. The lowest BCUT2D eigenvalue weighted by Gasteiger charge is -2.46. The van der Waals surface area contributed by atoms with Crippen LogP contribution in [-0.2, 0) is 28.6 Å². The van der Waals surface area contributed by atoms with Crippen molar-refractivity contribution in [1.29, 1.82) is 0 Å². The van der Waals surface area contributed by atoms with Gasteiger partial charge in [0.25, 0.3) is 0 Å². The number of carbonyl (C=O) groups is 3. The Bertz CT molecular complexity index is 849. The zero-order chi connectivity index (χ0) is 23.1. The summed E-state index contributed by atoms with van der Waals surface area (Å²) in [5.41, 5.74) is 0.126. The number of esters is 3. The van der Waals surface area contributed by atoms with Gasteiger partial charge in [0, 0.05) is 17.1 Å². The number of rotatable bonds is 4. The van der Waals surface area contributed by atoms with Gasteiger partial charge in [-0.15, -0.1) is 0 Å². The second-order valence-electron chi connectivity index (χ2n) is 9.55. The van der Waals surface area contributed by atoms with Gasteiger partial charge in [0.15, 0.2) is 0 Å². The molecule has 0 aromatic rings. The van der Waals surface area contributed by atoms with Crippen LogP contribution >= 0.6 is 0 Å². The van der Waals surface area contributed by atoms with Gasteiger partial charge in [-0.05, 0) is 63.9 Å². The molecule has 2 aliphatic carbocycles. The summed E-state index contributed by atoms with van der Waals surface area (Å²) in [4.78, 5) is 38.6. The number of carbonyl (C=O) groups excluding carboxylic acids is 3. The van der Waals surface area contributed by atoms with E-state index in [0.717, 1.165) is 6.42 Å². The fourth-order valence-corrected chi connectivity index (χ4v) is 5.57. The quantitative estimate of drug-likeness (QED) is 0.286. The van der Waals surface area contributed by atoms with Crippen LogP contribution < -0.4 is 0 Å². The van der Waals surface area contributed by atoms with Gasteiger partial charge < -0.3 is 14.2 Å². The first-order chi connectivity index (χ1) is 14.5. The Morgan fingerprint density at radius 3 is 2.19 bits per heavy atom. The molecule has 2 saturated carbocycles. The maximum absolute atomic E-state index is 13.1. The van der Waals surface area contributed by atoms with Crippen LogP contribution in [0.15, 0.2) is 35.5 Å². The van der Waals surface area contributed by atoms with Crippen LogP contribution in [0.2, 0.25) is 0 Å². The smallest absolute Gasteiger partial charge is 0.333 e. The predicted molar refractivity (Wildman–Crippen MR) is 116 cm³/mol. The van der Waals surface area contributed by atoms with Gasteiger partial charge >= 0.3 is 17.9 Å². The van der Waals surface area contributed by atoms with Crippen molar-refractivity contribution in [1.82, 2.24) is 0 Å². The van der Waals surface area contributed by atoms with Crippen molar-refractivity contribution in [2.24, 2.45) is 22.7 Å². The minimum atomic E-state index is -1.11. The predicted octanol–water partition coefficient (Wildman–Crippen LogP) is 4.30. The fourth-order valence-electron chi connectivity index (χ4n) is 5.57. The number of fused-ring (bicyclic) bond motifs is 1. The van der Waals surface area contributed by atoms with Crippen molar-refractivity contribution in [2.45, 2.75) is 73.0 Å². The lowest BCUT2D eigenvalue weighted by molar-refractivity contribution is -0.172. The molecule has 3 aliphatic rings. The van der Waals surface area contributed by atoms with Gasteiger partial charge in [-0.25, -0.2) is 9.59 Å². The van der Waals surface area contributed by atoms with E-state index in [4.69, 9.17) is 14.2 Å². The standard InChI is InChI=1S/C25H34O6/c1-8-14(3)21(26)30-18-11-10-16(5)24(7)13-25(17(6)12-29-23(25)28)20(19(18)24)31-22(27)15(4)9-2/h8-9,16,18-20H,6,10-13H2,1-5,7H3. The van der Waals surface area contributed by atoms with E-state index in [1.165, 1.54) is 0 Å². The van der Waals surface area contributed by atoms with Crippen molar-refractivity contribution >= 4 is 17.9 Å². The maximum atomic E-state index is 13.1. The highest BCUT2D eigenvalue weighted by atomic mass is 16.6. The lowest BCUT2D eigenvalue weighted by Crippen LogP contribution is -2.50. The molecule has 3 rings (SSSR count). The third-order valence-electron chi connectivity index (χ3n) is 8.02. The number of hydrogen-bond donors (Lipinski definition) is 0. The summed E-state index contributed by atoms with van der Waals surface area (Å²) >= 11 is 0. The minimum absolute atomic E-state index is 0.120. The van der Waals surface area contributed by atoms with Crippen LogP contribution in [0.25, 0.3) is 0 Å². The normalized spacial score (nSPS) is 38.1. The Morgan fingerprint density at radius 1 is 1.10 bits per heavy atom. The maximum Gasteiger partial charge on any atom is 0.333 e. The second-order valence-corrected chi connectivity index (χ2v) is 9.55. The Morgan fingerprint density at radius 2 is 1.68 bits per heavy atom. The molecule has 0 aromatic heterocycles. The van der Waals surface area contributed by atoms with Gasteiger partial charge in [0.2, 0.25) is 0 Å². The molecule has 6 unspecified atom stereocenters. The van der Waals surface area contributed by atoms with Crippen LogP contribution in [0, 0.1) is 22.7 Å². The molecule has 6 nitrogen and oxygen atoms in total. The molecule has 1 saturated heterocycles. The largest absolute Gasteiger partial charge is 0.460 e. The van der Waals surface area contributed by atoms with Crippen LogP contribution in [0.3, 0.4) is 0 Å². The van der Waals surface area contributed by atoms with E-state index < -0.39 is 29.6 Å². The monoisotopic (exact) mass is 430 g/mol. The van der Waals surface area contributed by atoms with Crippen molar-refractivity contribution in [2.75, 3.05) is 6.61 Å². The van der Waals surface area contributed by atoms with Gasteiger partial charge in [-0.3, -0.25) is 4.79 Å². The summed E-state index contributed by atoms with van der Waals surface area (Å²) in [6, 6.07) is 0.